The van der Waals surface area contributed by atoms with Gasteiger partial charge in [0, 0.05) is 47.9 Å². The van der Waals surface area contributed by atoms with Crippen LogP contribution in [0.5, 0.6) is 0 Å². The molecule has 152 valence electrons. The average Bonchev–Trinajstić information content (AvgIpc) is 3.50. The van der Waals surface area contributed by atoms with E-state index >= 15 is 0 Å². The molecule has 1 aromatic rings. The lowest BCUT2D eigenvalue weighted by Gasteiger charge is -2.43. The Labute approximate surface area is 170 Å². The van der Waals surface area contributed by atoms with Crippen LogP contribution >= 0.6 is 0 Å². The molecule has 2 unspecified atom stereocenters. The van der Waals surface area contributed by atoms with E-state index in [1.807, 2.05) is 12.1 Å². The molecule has 0 spiro atoms. The molecule has 0 radical (unpaired) electrons. The molecule has 2 aliphatic rings. The van der Waals surface area contributed by atoms with E-state index in [1.165, 1.54) is 32.1 Å². The zero-order valence-corrected chi connectivity index (χ0v) is 17.5. The van der Waals surface area contributed by atoms with Crippen LogP contribution in [0.25, 0.3) is 0 Å². The minimum Gasteiger partial charge on any atom is -0.354 e. The molecule has 1 heterocycles. The van der Waals surface area contributed by atoms with Gasteiger partial charge in [0.05, 0.1) is 0 Å². The van der Waals surface area contributed by atoms with Crippen molar-refractivity contribution in [3.8, 4) is 11.8 Å². The molecule has 0 bridgehead atoms. The summed E-state index contributed by atoms with van der Waals surface area (Å²) in [5.74, 6) is 7.16. The van der Waals surface area contributed by atoms with Gasteiger partial charge in [0.25, 0.3) is 0 Å². The van der Waals surface area contributed by atoms with Crippen LogP contribution in [-0.2, 0) is 4.79 Å². The van der Waals surface area contributed by atoms with Gasteiger partial charge in [-0.25, -0.2) is 0 Å². The maximum absolute atomic E-state index is 12.8. The van der Waals surface area contributed by atoms with Crippen molar-refractivity contribution in [2.45, 2.75) is 83.2 Å². The minimum absolute atomic E-state index is 0.105. The van der Waals surface area contributed by atoms with Crippen LogP contribution in [0.3, 0.4) is 0 Å². The normalized spacial score (nSPS) is 19.6. The van der Waals surface area contributed by atoms with E-state index in [4.69, 9.17) is 0 Å². The fraction of sp³-hybridized carbons (Fsp3) is 0.667. The van der Waals surface area contributed by atoms with E-state index < -0.39 is 0 Å². The molecule has 2 atom stereocenters. The fourth-order valence-electron chi connectivity index (χ4n) is 3.96. The molecule has 0 saturated heterocycles. The standard InChI is InChI=1S/C24H35N3O/c1-3-5-21(9-7-19(2)6-8-20-12-16-25-17-13-20)23(28)26-18-24(14-4-15-24)27-22-10-11-22/h12-13,16-17,19,21-22,27H,3-5,7,9-11,14-15,18H2,1-2H3,(H,26,28). The number of pyridine rings is 1. The number of amides is 1. The van der Waals surface area contributed by atoms with E-state index in [-0.39, 0.29) is 23.3 Å². The first-order valence-corrected chi connectivity index (χ1v) is 11.1. The molecule has 2 fully saturated rings. The second-order valence-corrected chi connectivity index (χ2v) is 8.74. The summed E-state index contributed by atoms with van der Waals surface area (Å²) in [7, 11) is 0. The third kappa shape index (κ3) is 6.34. The fourth-order valence-corrected chi connectivity index (χ4v) is 3.96. The van der Waals surface area contributed by atoms with E-state index in [0.29, 0.717) is 6.04 Å². The summed E-state index contributed by atoms with van der Waals surface area (Å²) in [6, 6.07) is 4.56. The Morgan fingerprint density at radius 3 is 2.61 bits per heavy atom. The molecule has 2 N–H and O–H groups in total. The van der Waals surface area contributed by atoms with Gasteiger partial charge in [-0.3, -0.25) is 9.78 Å². The highest BCUT2D eigenvalue weighted by Gasteiger charge is 2.41. The first-order chi connectivity index (χ1) is 13.6. The van der Waals surface area contributed by atoms with Gasteiger partial charge in [0.1, 0.15) is 0 Å². The number of rotatable bonds is 10. The Bertz CT molecular complexity index is 683. The van der Waals surface area contributed by atoms with Gasteiger partial charge in [-0.05, 0) is 63.5 Å². The van der Waals surface area contributed by atoms with Crippen LogP contribution in [0.2, 0.25) is 0 Å². The number of hydrogen-bond acceptors (Lipinski definition) is 3. The third-order valence-electron chi connectivity index (χ3n) is 6.10. The smallest absolute Gasteiger partial charge is 0.223 e. The molecule has 28 heavy (non-hydrogen) atoms. The number of carbonyl (C=O) groups excluding carboxylic acids is 1. The van der Waals surface area contributed by atoms with Crippen molar-refractivity contribution in [3.05, 3.63) is 30.1 Å². The van der Waals surface area contributed by atoms with Crippen LogP contribution in [0.1, 0.15) is 77.2 Å². The Morgan fingerprint density at radius 1 is 1.25 bits per heavy atom. The first kappa shape index (κ1) is 20.9. The average molecular weight is 382 g/mol. The van der Waals surface area contributed by atoms with Crippen molar-refractivity contribution < 1.29 is 4.79 Å². The summed E-state index contributed by atoms with van der Waals surface area (Å²) >= 11 is 0. The number of nitrogens with one attached hydrogen (secondary N) is 2. The Hall–Kier alpha value is -1.86. The van der Waals surface area contributed by atoms with E-state index in [9.17, 15) is 4.79 Å². The van der Waals surface area contributed by atoms with Gasteiger partial charge in [-0.15, -0.1) is 0 Å². The Morgan fingerprint density at radius 2 is 2.00 bits per heavy atom. The second kappa shape index (κ2) is 10.1. The van der Waals surface area contributed by atoms with Crippen molar-refractivity contribution in [2.75, 3.05) is 6.54 Å². The molecule has 2 aliphatic carbocycles. The van der Waals surface area contributed by atoms with Gasteiger partial charge < -0.3 is 10.6 Å². The molecule has 0 aromatic carbocycles. The van der Waals surface area contributed by atoms with Crippen LogP contribution < -0.4 is 10.6 Å². The van der Waals surface area contributed by atoms with Crippen molar-refractivity contribution in [1.29, 1.82) is 0 Å². The Kier molecular flexibility index (Phi) is 7.50. The molecule has 4 heteroatoms. The van der Waals surface area contributed by atoms with Gasteiger partial charge >= 0.3 is 0 Å². The summed E-state index contributed by atoms with van der Waals surface area (Å²) in [6.07, 6.45) is 13.7. The summed E-state index contributed by atoms with van der Waals surface area (Å²) in [5, 5.41) is 7.06. The van der Waals surface area contributed by atoms with Crippen LogP contribution in [0, 0.1) is 23.7 Å². The number of nitrogens with zero attached hydrogens (tertiary/aromatic N) is 1. The van der Waals surface area contributed by atoms with Gasteiger partial charge in [0.15, 0.2) is 0 Å². The molecule has 1 amide bonds. The summed E-state index contributed by atoms with van der Waals surface area (Å²) in [4.78, 5) is 16.9. The molecular weight excluding hydrogens is 346 g/mol. The SMILES string of the molecule is CCCC(CCC(C)C#Cc1ccncc1)C(=O)NCC1(NC2CC2)CCC1. The van der Waals surface area contributed by atoms with Crippen molar-refractivity contribution in [2.24, 2.45) is 11.8 Å². The van der Waals surface area contributed by atoms with Gasteiger partial charge in [-0.1, -0.05) is 32.1 Å². The van der Waals surface area contributed by atoms with Gasteiger partial charge in [-0.2, -0.15) is 0 Å². The molecule has 0 aliphatic heterocycles. The minimum atomic E-state index is 0.105. The largest absolute Gasteiger partial charge is 0.354 e. The summed E-state index contributed by atoms with van der Waals surface area (Å²) in [5.41, 5.74) is 1.18. The summed E-state index contributed by atoms with van der Waals surface area (Å²) < 4.78 is 0. The molecule has 4 nitrogen and oxygen atoms in total. The lowest BCUT2D eigenvalue weighted by Crippen LogP contribution is -2.59. The molecular formula is C24H35N3O. The van der Waals surface area contributed by atoms with Crippen molar-refractivity contribution in [1.82, 2.24) is 15.6 Å². The van der Waals surface area contributed by atoms with Gasteiger partial charge in [0.2, 0.25) is 5.91 Å². The predicted octanol–water partition coefficient (Wildman–Crippen LogP) is 4.06. The topological polar surface area (TPSA) is 54.0 Å². The Balaban J connectivity index is 1.45. The summed E-state index contributed by atoms with van der Waals surface area (Å²) in [6.45, 7) is 5.10. The predicted molar refractivity (Wildman–Crippen MR) is 114 cm³/mol. The van der Waals surface area contributed by atoms with E-state index in [1.54, 1.807) is 12.4 Å². The van der Waals surface area contributed by atoms with E-state index in [0.717, 1.165) is 37.8 Å². The zero-order valence-electron chi connectivity index (χ0n) is 17.5. The molecule has 3 rings (SSSR count). The second-order valence-electron chi connectivity index (χ2n) is 8.74. The lowest BCUT2D eigenvalue weighted by molar-refractivity contribution is -0.126. The maximum atomic E-state index is 12.8. The maximum Gasteiger partial charge on any atom is 0.223 e. The number of aromatic nitrogens is 1. The highest BCUT2D eigenvalue weighted by Crippen LogP contribution is 2.35. The third-order valence-corrected chi connectivity index (χ3v) is 6.10. The molecule has 2 saturated carbocycles. The first-order valence-electron chi connectivity index (χ1n) is 11.1. The van der Waals surface area contributed by atoms with Crippen LogP contribution in [0.15, 0.2) is 24.5 Å². The number of hydrogen-bond donors (Lipinski definition) is 2. The van der Waals surface area contributed by atoms with Crippen LogP contribution in [-0.4, -0.2) is 29.0 Å². The molecule has 1 aromatic heterocycles. The lowest BCUT2D eigenvalue weighted by atomic mass is 9.76. The zero-order chi connectivity index (χ0) is 19.8. The number of carbonyl (C=O) groups is 1. The highest BCUT2D eigenvalue weighted by atomic mass is 16.1. The quantitative estimate of drug-likeness (QED) is 0.601. The monoisotopic (exact) mass is 381 g/mol. The van der Waals surface area contributed by atoms with Crippen LogP contribution in [0.4, 0.5) is 0 Å². The highest BCUT2D eigenvalue weighted by molar-refractivity contribution is 5.78. The van der Waals surface area contributed by atoms with Crippen molar-refractivity contribution >= 4 is 5.91 Å². The van der Waals surface area contributed by atoms with E-state index in [2.05, 4.69) is 41.3 Å². The van der Waals surface area contributed by atoms with Crippen molar-refractivity contribution in [3.63, 3.8) is 0 Å².